The van der Waals surface area contributed by atoms with Gasteiger partial charge in [-0.1, -0.05) is 36.4 Å². The van der Waals surface area contributed by atoms with E-state index in [4.69, 9.17) is 0 Å². The molecule has 2 aromatic rings. The smallest absolute Gasteiger partial charge is 0.325 e. The van der Waals surface area contributed by atoms with E-state index in [0.717, 1.165) is 10.5 Å². The van der Waals surface area contributed by atoms with Gasteiger partial charge in [-0.3, -0.25) is 19.3 Å². The molecule has 8 nitrogen and oxygen atoms in total. The number of anilines is 2. The lowest BCUT2D eigenvalue weighted by atomic mass is 10.1. The van der Waals surface area contributed by atoms with E-state index in [-0.39, 0.29) is 18.9 Å². The van der Waals surface area contributed by atoms with Gasteiger partial charge in [-0.15, -0.1) is 0 Å². The van der Waals surface area contributed by atoms with Crippen LogP contribution in [0.2, 0.25) is 0 Å². The van der Waals surface area contributed by atoms with Crippen LogP contribution in [0.5, 0.6) is 0 Å². The molecule has 1 saturated heterocycles. The van der Waals surface area contributed by atoms with Gasteiger partial charge in [0.1, 0.15) is 6.04 Å². The number of nitrogens with zero attached hydrogens (tertiary/aromatic N) is 1. The van der Waals surface area contributed by atoms with Crippen LogP contribution in [0.1, 0.15) is 18.9 Å². The molecule has 0 bridgehead atoms. The molecule has 2 aromatic carbocycles. The number of amides is 5. The molecule has 0 radical (unpaired) electrons. The zero-order valence-electron chi connectivity index (χ0n) is 15.3. The van der Waals surface area contributed by atoms with Gasteiger partial charge < -0.3 is 16.0 Å². The molecule has 3 N–H and O–H groups in total. The SMILES string of the molecule is CC(=O)Nc1cccc(NC(=O)C[C@H]2NC(=O)N(Cc3ccccc3)C2=O)c1. The highest BCUT2D eigenvalue weighted by Crippen LogP contribution is 2.17. The van der Waals surface area contributed by atoms with E-state index in [1.165, 1.54) is 6.92 Å². The number of hydrogen-bond acceptors (Lipinski definition) is 4. The third-order valence-corrected chi connectivity index (χ3v) is 4.15. The van der Waals surface area contributed by atoms with E-state index >= 15 is 0 Å². The van der Waals surface area contributed by atoms with Crippen molar-refractivity contribution in [2.24, 2.45) is 0 Å². The average Bonchev–Trinajstić information content (AvgIpc) is 2.89. The molecule has 1 aliphatic rings. The third-order valence-electron chi connectivity index (χ3n) is 4.15. The summed E-state index contributed by atoms with van der Waals surface area (Å²) in [6.45, 7) is 1.54. The summed E-state index contributed by atoms with van der Waals surface area (Å²) in [5.41, 5.74) is 1.85. The maximum absolute atomic E-state index is 12.5. The molecule has 0 spiro atoms. The fourth-order valence-corrected chi connectivity index (χ4v) is 2.91. The highest BCUT2D eigenvalue weighted by molar-refractivity contribution is 6.07. The topological polar surface area (TPSA) is 108 Å². The Bertz CT molecular complexity index is 913. The second-order valence-electron chi connectivity index (χ2n) is 6.43. The van der Waals surface area contributed by atoms with E-state index in [0.29, 0.717) is 11.4 Å². The van der Waals surface area contributed by atoms with Crippen LogP contribution in [0.3, 0.4) is 0 Å². The van der Waals surface area contributed by atoms with Crippen LogP contribution in [0.25, 0.3) is 0 Å². The predicted octanol–water partition coefficient (Wildman–Crippen LogP) is 2.09. The van der Waals surface area contributed by atoms with Gasteiger partial charge in [0.2, 0.25) is 11.8 Å². The maximum Gasteiger partial charge on any atom is 0.325 e. The molecule has 0 saturated carbocycles. The molecule has 8 heteroatoms. The fraction of sp³-hybridized carbons (Fsp3) is 0.200. The molecule has 1 atom stereocenters. The molecule has 1 fully saturated rings. The molecule has 144 valence electrons. The standard InChI is InChI=1S/C20H20N4O4/c1-13(25)21-15-8-5-9-16(10-15)22-18(26)11-17-19(27)24(20(28)23-17)12-14-6-3-2-4-7-14/h2-10,17H,11-12H2,1H3,(H,21,25)(H,22,26)(H,23,28)/t17-/m1/s1. The van der Waals surface area contributed by atoms with Crippen LogP contribution in [-0.4, -0.2) is 34.7 Å². The van der Waals surface area contributed by atoms with E-state index in [1.807, 2.05) is 30.3 Å². The van der Waals surface area contributed by atoms with Crippen molar-refractivity contribution in [2.75, 3.05) is 10.6 Å². The molecule has 0 unspecified atom stereocenters. The van der Waals surface area contributed by atoms with Crippen molar-refractivity contribution >= 4 is 35.1 Å². The Hall–Kier alpha value is -3.68. The Labute approximate surface area is 161 Å². The molecular weight excluding hydrogens is 360 g/mol. The Morgan fingerprint density at radius 1 is 1.00 bits per heavy atom. The van der Waals surface area contributed by atoms with Crippen LogP contribution in [-0.2, 0) is 20.9 Å². The minimum absolute atomic E-state index is 0.155. The Morgan fingerprint density at radius 2 is 1.68 bits per heavy atom. The highest BCUT2D eigenvalue weighted by Gasteiger charge is 2.38. The molecule has 0 aliphatic carbocycles. The summed E-state index contributed by atoms with van der Waals surface area (Å²) >= 11 is 0. The van der Waals surface area contributed by atoms with Crippen molar-refractivity contribution in [3.63, 3.8) is 0 Å². The van der Waals surface area contributed by atoms with Crippen molar-refractivity contribution in [3.8, 4) is 0 Å². The van der Waals surface area contributed by atoms with E-state index < -0.39 is 23.9 Å². The summed E-state index contributed by atoms with van der Waals surface area (Å²) < 4.78 is 0. The molecule has 0 aromatic heterocycles. The average molecular weight is 380 g/mol. The first-order chi connectivity index (χ1) is 13.4. The fourth-order valence-electron chi connectivity index (χ4n) is 2.91. The van der Waals surface area contributed by atoms with Crippen molar-refractivity contribution in [3.05, 3.63) is 60.2 Å². The second kappa shape index (κ2) is 8.34. The zero-order chi connectivity index (χ0) is 20.1. The lowest BCUT2D eigenvalue weighted by molar-refractivity contribution is -0.130. The lowest BCUT2D eigenvalue weighted by Crippen LogP contribution is -2.34. The van der Waals surface area contributed by atoms with Gasteiger partial charge in [-0.2, -0.15) is 0 Å². The van der Waals surface area contributed by atoms with Crippen LogP contribution < -0.4 is 16.0 Å². The second-order valence-corrected chi connectivity index (χ2v) is 6.43. The van der Waals surface area contributed by atoms with Gasteiger partial charge in [0.25, 0.3) is 5.91 Å². The largest absolute Gasteiger partial charge is 0.326 e. The van der Waals surface area contributed by atoms with Crippen LogP contribution in [0.15, 0.2) is 54.6 Å². The summed E-state index contributed by atoms with van der Waals surface area (Å²) in [5, 5.41) is 7.84. The summed E-state index contributed by atoms with van der Waals surface area (Å²) in [7, 11) is 0. The molecule has 1 aliphatic heterocycles. The normalized spacial score (nSPS) is 15.9. The van der Waals surface area contributed by atoms with Gasteiger partial charge in [0.15, 0.2) is 0 Å². The third kappa shape index (κ3) is 4.73. The van der Waals surface area contributed by atoms with Crippen LogP contribution in [0, 0.1) is 0 Å². The van der Waals surface area contributed by atoms with Crippen molar-refractivity contribution < 1.29 is 19.2 Å². The Morgan fingerprint density at radius 3 is 2.36 bits per heavy atom. The quantitative estimate of drug-likeness (QED) is 0.667. The number of urea groups is 1. The molecule has 1 heterocycles. The monoisotopic (exact) mass is 380 g/mol. The first-order valence-electron chi connectivity index (χ1n) is 8.75. The Balaban J connectivity index is 1.59. The van der Waals surface area contributed by atoms with Gasteiger partial charge in [0, 0.05) is 18.3 Å². The van der Waals surface area contributed by atoms with Crippen molar-refractivity contribution in [1.29, 1.82) is 0 Å². The summed E-state index contributed by atoms with van der Waals surface area (Å²) in [6.07, 6.45) is -0.180. The molecule has 5 amide bonds. The van der Waals surface area contributed by atoms with Gasteiger partial charge in [-0.05, 0) is 23.8 Å². The number of nitrogens with one attached hydrogen (secondary N) is 3. The molecular formula is C20H20N4O4. The zero-order valence-corrected chi connectivity index (χ0v) is 15.3. The summed E-state index contributed by atoms with van der Waals surface area (Å²) in [4.78, 5) is 49.1. The first-order valence-corrected chi connectivity index (χ1v) is 8.75. The number of benzene rings is 2. The minimum atomic E-state index is -0.908. The van der Waals surface area contributed by atoms with Crippen molar-refractivity contribution in [2.45, 2.75) is 25.9 Å². The molecule has 28 heavy (non-hydrogen) atoms. The van der Waals surface area contributed by atoms with E-state index in [2.05, 4.69) is 16.0 Å². The number of hydrogen-bond donors (Lipinski definition) is 3. The maximum atomic E-state index is 12.5. The van der Waals surface area contributed by atoms with Gasteiger partial charge in [-0.25, -0.2) is 4.79 Å². The number of carbonyl (C=O) groups excluding carboxylic acids is 4. The number of imide groups is 1. The van der Waals surface area contributed by atoms with Gasteiger partial charge in [0.05, 0.1) is 13.0 Å². The highest BCUT2D eigenvalue weighted by atomic mass is 16.2. The Kier molecular flexibility index (Phi) is 5.69. The summed E-state index contributed by atoms with van der Waals surface area (Å²) in [6, 6.07) is 14.4. The summed E-state index contributed by atoms with van der Waals surface area (Å²) in [5.74, 6) is -1.07. The number of rotatable bonds is 6. The van der Waals surface area contributed by atoms with Crippen LogP contribution >= 0.6 is 0 Å². The van der Waals surface area contributed by atoms with Gasteiger partial charge >= 0.3 is 6.03 Å². The predicted molar refractivity (Wildman–Crippen MR) is 103 cm³/mol. The van der Waals surface area contributed by atoms with E-state index in [1.54, 1.807) is 24.3 Å². The van der Waals surface area contributed by atoms with Crippen molar-refractivity contribution in [1.82, 2.24) is 10.2 Å². The molecule has 3 rings (SSSR count). The lowest BCUT2D eigenvalue weighted by Gasteiger charge is -2.13. The van der Waals surface area contributed by atoms with Crippen LogP contribution in [0.4, 0.5) is 16.2 Å². The van der Waals surface area contributed by atoms with E-state index in [9.17, 15) is 19.2 Å². The first kappa shape index (κ1) is 19.1. The number of carbonyl (C=O) groups is 4. The minimum Gasteiger partial charge on any atom is -0.326 e.